The summed E-state index contributed by atoms with van der Waals surface area (Å²) >= 11 is 0. The standard InChI is InChI=1S/C19H21N5O/c1-2-16-13-18(22-19(21-16)24-8-10-25-11-9-24)15-5-3-4-14(12-15)17-6-7-20-23-17/h3-7,12-13H,2,8-11H2,1H3,(H,20,23). The van der Waals surface area contributed by atoms with Crippen molar-refractivity contribution in [3.8, 4) is 22.5 Å². The van der Waals surface area contributed by atoms with Crippen LogP contribution in [0.25, 0.3) is 22.5 Å². The molecule has 0 saturated carbocycles. The Morgan fingerprint density at radius 3 is 2.68 bits per heavy atom. The summed E-state index contributed by atoms with van der Waals surface area (Å²) in [5.41, 5.74) is 5.19. The Morgan fingerprint density at radius 2 is 1.92 bits per heavy atom. The van der Waals surface area contributed by atoms with Crippen LogP contribution in [0.4, 0.5) is 5.95 Å². The van der Waals surface area contributed by atoms with Crippen LogP contribution in [0.2, 0.25) is 0 Å². The van der Waals surface area contributed by atoms with Crippen molar-refractivity contribution in [2.45, 2.75) is 13.3 Å². The summed E-state index contributed by atoms with van der Waals surface area (Å²) in [6.45, 7) is 5.24. The van der Waals surface area contributed by atoms with Gasteiger partial charge in [-0.2, -0.15) is 5.10 Å². The summed E-state index contributed by atoms with van der Waals surface area (Å²) in [6.07, 6.45) is 2.64. The lowest BCUT2D eigenvalue weighted by Gasteiger charge is -2.27. The van der Waals surface area contributed by atoms with Gasteiger partial charge in [0.05, 0.1) is 24.6 Å². The molecule has 0 aliphatic carbocycles. The highest BCUT2D eigenvalue weighted by Crippen LogP contribution is 2.26. The van der Waals surface area contributed by atoms with Crippen LogP contribution in [-0.4, -0.2) is 46.5 Å². The molecule has 1 aliphatic heterocycles. The van der Waals surface area contributed by atoms with E-state index in [1.165, 1.54) is 0 Å². The number of nitrogens with zero attached hydrogens (tertiary/aromatic N) is 4. The van der Waals surface area contributed by atoms with Crippen LogP contribution in [0, 0.1) is 0 Å². The van der Waals surface area contributed by atoms with Crippen molar-refractivity contribution in [1.82, 2.24) is 20.2 Å². The minimum Gasteiger partial charge on any atom is -0.378 e. The monoisotopic (exact) mass is 335 g/mol. The highest BCUT2D eigenvalue weighted by molar-refractivity contribution is 5.70. The SMILES string of the molecule is CCc1cc(-c2cccc(-c3ccn[nH]3)c2)nc(N2CCOCC2)n1. The lowest BCUT2D eigenvalue weighted by Crippen LogP contribution is -2.37. The van der Waals surface area contributed by atoms with Crippen LogP contribution < -0.4 is 4.90 Å². The second-order valence-corrected chi connectivity index (χ2v) is 6.05. The Kier molecular flexibility index (Phi) is 4.43. The molecule has 1 aromatic carbocycles. The van der Waals surface area contributed by atoms with Gasteiger partial charge in [0.15, 0.2) is 0 Å². The van der Waals surface area contributed by atoms with Crippen molar-refractivity contribution in [3.05, 3.63) is 48.3 Å². The summed E-state index contributed by atoms with van der Waals surface area (Å²) in [5, 5.41) is 7.05. The normalized spacial score (nSPS) is 14.7. The van der Waals surface area contributed by atoms with Gasteiger partial charge in [0.2, 0.25) is 5.95 Å². The van der Waals surface area contributed by atoms with Crippen LogP contribution in [0.3, 0.4) is 0 Å². The van der Waals surface area contributed by atoms with Crippen molar-refractivity contribution >= 4 is 5.95 Å². The minimum atomic E-state index is 0.727. The Hall–Kier alpha value is -2.73. The van der Waals surface area contributed by atoms with E-state index in [0.717, 1.165) is 66.9 Å². The summed E-state index contributed by atoms with van der Waals surface area (Å²) in [4.78, 5) is 11.7. The average Bonchev–Trinajstić information content (AvgIpc) is 3.23. The van der Waals surface area contributed by atoms with Crippen molar-refractivity contribution < 1.29 is 4.74 Å². The number of aromatic nitrogens is 4. The molecule has 6 nitrogen and oxygen atoms in total. The maximum Gasteiger partial charge on any atom is 0.226 e. The summed E-state index contributed by atoms with van der Waals surface area (Å²) < 4.78 is 5.44. The number of hydrogen-bond acceptors (Lipinski definition) is 5. The molecule has 1 N–H and O–H groups in total. The minimum absolute atomic E-state index is 0.727. The molecule has 1 aliphatic rings. The molecule has 0 bridgehead atoms. The molecule has 0 spiro atoms. The van der Waals surface area contributed by atoms with E-state index in [-0.39, 0.29) is 0 Å². The molecular weight excluding hydrogens is 314 g/mol. The van der Waals surface area contributed by atoms with Gasteiger partial charge in [-0.3, -0.25) is 5.10 Å². The molecule has 0 radical (unpaired) electrons. The largest absolute Gasteiger partial charge is 0.378 e. The number of benzene rings is 1. The van der Waals surface area contributed by atoms with Crippen LogP contribution >= 0.6 is 0 Å². The molecule has 3 heterocycles. The zero-order valence-electron chi connectivity index (χ0n) is 14.3. The number of morpholine rings is 1. The summed E-state index contributed by atoms with van der Waals surface area (Å²) in [7, 11) is 0. The number of rotatable bonds is 4. The average molecular weight is 335 g/mol. The number of nitrogens with one attached hydrogen (secondary N) is 1. The molecule has 1 fully saturated rings. The molecule has 128 valence electrons. The highest BCUT2D eigenvalue weighted by Gasteiger charge is 2.16. The molecule has 0 unspecified atom stereocenters. The first-order valence-corrected chi connectivity index (χ1v) is 8.64. The molecule has 25 heavy (non-hydrogen) atoms. The zero-order chi connectivity index (χ0) is 17.1. The van der Waals surface area contributed by atoms with Crippen molar-refractivity contribution in [2.75, 3.05) is 31.2 Å². The first-order chi connectivity index (χ1) is 12.3. The third kappa shape index (κ3) is 3.39. The van der Waals surface area contributed by atoms with E-state index >= 15 is 0 Å². The van der Waals surface area contributed by atoms with Crippen LogP contribution in [-0.2, 0) is 11.2 Å². The van der Waals surface area contributed by atoms with Crippen molar-refractivity contribution in [1.29, 1.82) is 0 Å². The smallest absolute Gasteiger partial charge is 0.226 e. The van der Waals surface area contributed by atoms with Gasteiger partial charge in [0.25, 0.3) is 0 Å². The van der Waals surface area contributed by atoms with Crippen LogP contribution in [0.5, 0.6) is 0 Å². The van der Waals surface area contributed by atoms with Gasteiger partial charge in [-0.25, -0.2) is 9.97 Å². The molecule has 6 heteroatoms. The lowest BCUT2D eigenvalue weighted by atomic mass is 10.1. The van der Waals surface area contributed by atoms with E-state index in [0.29, 0.717) is 0 Å². The Labute approximate surface area is 146 Å². The molecule has 1 saturated heterocycles. The van der Waals surface area contributed by atoms with Crippen LogP contribution in [0.15, 0.2) is 42.6 Å². The van der Waals surface area contributed by atoms with E-state index in [2.05, 4.69) is 46.3 Å². The molecular formula is C19H21N5O. The fraction of sp³-hybridized carbons (Fsp3) is 0.316. The lowest BCUT2D eigenvalue weighted by molar-refractivity contribution is 0.122. The Morgan fingerprint density at radius 1 is 1.08 bits per heavy atom. The number of ether oxygens (including phenoxy) is 1. The highest BCUT2D eigenvalue weighted by atomic mass is 16.5. The number of H-pyrrole nitrogens is 1. The van der Waals surface area contributed by atoms with E-state index in [9.17, 15) is 0 Å². The second-order valence-electron chi connectivity index (χ2n) is 6.05. The van der Waals surface area contributed by atoms with E-state index in [4.69, 9.17) is 14.7 Å². The third-order valence-electron chi connectivity index (χ3n) is 4.39. The van der Waals surface area contributed by atoms with Gasteiger partial charge >= 0.3 is 0 Å². The van der Waals surface area contributed by atoms with Gasteiger partial charge < -0.3 is 9.64 Å². The number of aromatic amines is 1. The zero-order valence-corrected chi connectivity index (χ0v) is 14.3. The second kappa shape index (κ2) is 7.03. The van der Waals surface area contributed by atoms with E-state index < -0.39 is 0 Å². The Balaban J connectivity index is 1.73. The van der Waals surface area contributed by atoms with Gasteiger partial charge in [0.1, 0.15) is 0 Å². The summed E-state index contributed by atoms with van der Waals surface area (Å²) in [6, 6.07) is 12.4. The number of hydrogen-bond donors (Lipinski definition) is 1. The maximum absolute atomic E-state index is 5.44. The van der Waals surface area contributed by atoms with Gasteiger partial charge in [0, 0.05) is 36.1 Å². The molecule has 2 aromatic heterocycles. The number of aryl methyl sites for hydroxylation is 1. The van der Waals surface area contributed by atoms with Crippen molar-refractivity contribution in [3.63, 3.8) is 0 Å². The first kappa shape index (κ1) is 15.8. The number of anilines is 1. The van der Waals surface area contributed by atoms with Gasteiger partial charge in [-0.15, -0.1) is 0 Å². The fourth-order valence-electron chi connectivity index (χ4n) is 2.98. The molecule has 0 amide bonds. The Bertz CT molecular complexity index is 841. The predicted octanol–water partition coefficient (Wildman–Crippen LogP) is 2.93. The molecule has 0 atom stereocenters. The molecule has 3 aromatic rings. The fourth-order valence-corrected chi connectivity index (χ4v) is 2.98. The van der Waals surface area contributed by atoms with Crippen LogP contribution in [0.1, 0.15) is 12.6 Å². The van der Waals surface area contributed by atoms with E-state index in [1.807, 2.05) is 12.1 Å². The predicted molar refractivity (Wildman–Crippen MR) is 97.5 cm³/mol. The van der Waals surface area contributed by atoms with E-state index in [1.54, 1.807) is 6.20 Å². The van der Waals surface area contributed by atoms with Crippen molar-refractivity contribution in [2.24, 2.45) is 0 Å². The van der Waals surface area contributed by atoms with Gasteiger partial charge in [-0.05, 0) is 24.6 Å². The maximum atomic E-state index is 5.44. The summed E-state index contributed by atoms with van der Waals surface area (Å²) in [5.74, 6) is 0.796. The van der Waals surface area contributed by atoms with Gasteiger partial charge in [-0.1, -0.05) is 25.1 Å². The quantitative estimate of drug-likeness (QED) is 0.794. The topological polar surface area (TPSA) is 66.9 Å². The third-order valence-corrected chi connectivity index (χ3v) is 4.39. The molecule has 4 rings (SSSR count). The first-order valence-electron chi connectivity index (χ1n) is 8.64.